The summed E-state index contributed by atoms with van der Waals surface area (Å²) in [6.45, 7) is 3.80. The zero-order chi connectivity index (χ0) is 32.2. The molecule has 0 aliphatic carbocycles. The van der Waals surface area contributed by atoms with Crippen LogP contribution < -0.4 is 0 Å². The first-order valence-corrected chi connectivity index (χ1v) is 15.7. The van der Waals surface area contributed by atoms with Crippen molar-refractivity contribution in [1.29, 1.82) is 5.41 Å². The fourth-order valence-electron chi connectivity index (χ4n) is 6.72. The number of hydrogen-bond acceptors (Lipinski definition) is 3. The third-order valence-corrected chi connectivity index (χ3v) is 9.07. The van der Waals surface area contributed by atoms with Gasteiger partial charge in [-0.25, -0.2) is 9.98 Å². The van der Waals surface area contributed by atoms with E-state index in [0.717, 1.165) is 66.1 Å². The molecule has 0 unspecified atom stereocenters. The normalized spacial score (nSPS) is 12.0. The van der Waals surface area contributed by atoms with Crippen LogP contribution in [0.15, 0.2) is 164 Å². The van der Waals surface area contributed by atoms with E-state index in [4.69, 9.17) is 14.2 Å². The molecule has 0 spiro atoms. The third-order valence-electron chi connectivity index (χ3n) is 9.07. The van der Waals surface area contributed by atoms with Crippen LogP contribution in [0.4, 0.5) is 0 Å². The van der Waals surface area contributed by atoms with Crippen LogP contribution >= 0.6 is 0 Å². The summed E-state index contributed by atoms with van der Waals surface area (Å²) < 4.78 is 12.7. The number of furan rings is 2. The molecular weight excluding hydrogens is 590 g/mol. The minimum atomic E-state index is 0.109. The molecule has 0 aliphatic heterocycles. The topological polar surface area (TPSA) is 74.8 Å². The molecule has 0 saturated heterocycles. The van der Waals surface area contributed by atoms with Gasteiger partial charge in [-0.2, -0.15) is 0 Å². The molecule has 9 rings (SSSR count). The van der Waals surface area contributed by atoms with Crippen molar-refractivity contribution in [1.82, 2.24) is 0 Å². The van der Waals surface area contributed by atoms with Gasteiger partial charge in [0.15, 0.2) is 11.7 Å². The van der Waals surface area contributed by atoms with Crippen LogP contribution in [0.5, 0.6) is 0 Å². The lowest BCUT2D eigenvalue weighted by Gasteiger charge is -2.06. The molecule has 0 saturated carbocycles. The van der Waals surface area contributed by atoms with Gasteiger partial charge in [0.1, 0.15) is 22.3 Å². The van der Waals surface area contributed by atoms with E-state index < -0.39 is 0 Å². The highest BCUT2D eigenvalue weighted by molar-refractivity contribution is 6.22. The summed E-state index contributed by atoms with van der Waals surface area (Å²) in [5.74, 6) is 0.477. The van der Waals surface area contributed by atoms with Gasteiger partial charge in [0, 0.05) is 32.7 Å². The molecule has 0 bridgehead atoms. The first-order chi connectivity index (χ1) is 23.6. The number of nitrogens with zero attached hydrogens (tertiary/aromatic N) is 2. The van der Waals surface area contributed by atoms with Gasteiger partial charge in [0.25, 0.3) is 0 Å². The highest BCUT2D eigenvalue weighted by Gasteiger charge is 2.17. The summed E-state index contributed by atoms with van der Waals surface area (Å²) >= 11 is 0. The lowest BCUT2D eigenvalue weighted by molar-refractivity contribution is 0.668. The maximum atomic E-state index is 8.77. The van der Waals surface area contributed by atoms with Crippen molar-refractivity contribution in [2.45, 2.75) is 0 Å². The molecule has 5 nitrogen and oxygen atoms in total. The van der Waals surface area contributed by atoms with Gasteiger partial charge in [-0.1, -0.05) is 109 Å². The van der Waals surface area contributed by atoms with Crippen molar-refractivity contribution < 1.29 is 8.83 Å². The minimum Gasteiger partial charge on any atom is -0.456 e. The predicted molar refractivity (Wildman–Crippen MR) is 199 cm³/mol. The smallest absolute Gasteiger partial charge is 0.161 e. The molecule has 48 heavy (non-hydrogen) atoms. The van der Waals surface area contributed by atoms with E-state index in [1.807, 2.05) is 66.7 Å². The molecule has 0 aliphatic rings. The second-order valence-electron chi connectivity index (χ2n) is 11.9. The van der Waals surface area contributed by atoms with Gasteiger partial charge in [0.2, 0.25) is 0 Å². The lowest BCUT2D eigenvalue weighted by atomic mass is 9.99. The van der Waals surface area contributed by atoms with Crippen LogP contribution in [0.25, 0.3) is 76.9 Å². The largest absolute Gasteiger partial charge is 0.456 e. The Hall–Kier alpha value is -6.59. The number of nitrogens with one attached hydrogen (secondary N) is 1. The van der Waals surface area contributed by atoms with Crippen molar-refractivity contribution in [2.24, 2.45) is 9.98 Å². The minimum absolute atomic E-state index is 0.109. The van der Waals surface area contributed by atoms with Crippen LogP contribution in [0, 0.1) is 5.41 Å². The molecule has 5 heteroatoms. The standard InChI is InChI=1S/C43H27N3O2/c1-45-43(46-42(44)29-16-14-27(15-17-29)26-8-3-2-4-9-26)35-12-7-13-36-41(35)34-22-19-31(25-39(34)47-36)30-18-21-33-38(24-30)48-37-23-20-28-10-5-6-11-32(28)40(33)37/h2-25,44H,1H2. The second kappa shape index (κ2) is 11.0. The monoisotopic (exact) mass is 617 g/mol. The summed E-state index contributed by atoms with van der Waals surface area (Å²) in [7, 11) is 0. The molecule has 9 aromatic rings. The molecule has 0 fully saturated rings. The van der Waals surface area contributed by atoms with Gasteiger partial charge >= 0.3 is 0 Å². The highest BCUT2D eigenvalue weighted by atomic mass is 16.3. The maximum Gasteiger partial charge on any atom is 0.161 e. The van der Waals surface area contributed by atoms with Crippen LogP contribution in [-0.4, -0.2) is 18.4 Å². The van der Waals surface area contributed by atoms with Gasteiger partial charge in [-0.05, 0) is 76.1 Å². The third kappa shape index (κ3) is 4.52. The fraction of sp³-hybridized carbons (Fsp3) is 0. The van der Waals surface area contributed by atoms with E-state index in [0.29, 0.717) is 17.0 Å². The zero-order valence-electron chi connectivity index (χ0n) is 25.8. The van der Waals surface area contributed by atoms with Crippen molar-refractivity contribution in [3.8, 4) is 22.3 Å². The number of benzene rings is 7. The van der Waals surface area contributed by atoms with Gasteiger partial charge < -0.3 is 8.83 Å². The molecule has 0 radical (unpaired) electrons. The molecule has 2 aromatic heterocycles. The average Bonchev–Trinajstić information content (AvgIpc) is 3.72. The number of fused-ring (bicyclic) bond motifs is 8. The van der Waals surface area contributed by atoms with Gasteiger partial charge in [-0.15, -0.1) is 0 Å². The second-order valence-corrected chi connectivity index (χ2v) is 11.9. The van der Waals surface area contributed by atoms with Crippen molar-refractivity contribution in [3.05, 3.63) is 157 Å². The van der Waals surface area contributed by atoms with Gasteiger partial charge in [0.05, 0.1) is 0 Å². The van der Waals surface area contributed by atoms with Crippen molar-refractivity contribution >= 4 is 73.0 Å². The van der Waals surface area contributed by atoms with E-state index in [1.54, 1.807) is 0 Å². The summed E-state index contributed by atoms with van der Waals surface area (Å²) in [6.07, 6.45) is 0. The van der Waals surface area contributed by atoms with Crippen LogP contribution in [0.1, 0.15) is 11.1 Å². The van der Waals surface area contributed by atoms with E-state index >= 15 is 0 Å². The lowest BCUT2D eigenvalue weighted by Crippen LogP contribution is -2.04. The quantitative estimate of drug-likeness (QED) is 0.158. The Morgan fingerprint density at radius 2 is 1.12 bits per heavy atom. The molecule has 2 heterocycles. The van der Waals surface area contributed by atoms with E-state index in [2.05, 4.69) is 95.6 Å². The number of amidine groups is 2. The van der Waals surface area contributed by atoms with Gasteiger partial charge in [-0.3, -0.25) is 5.41 Å². The summed E-state index contributed by atoms with van der Waals surface area (Å²) in [5, 5.41) is 15.2. The maximum absolute atomic E-state index is 8.77. The first kappa shape index (κ1) is 27.7. The Kier molecular flexibility index (Phi) is 6.37. The Bertz CT molecular complexity index is 2750. The molecular formula is C43H27N3O2. The van der Waals surface area contributed by atoms with Crippen molar-refractivity contribution in [3.63, 3.8) is 0 Å². The fourth-order valence-corrected chi connectivity index (χ4v) is 6.72. The summed E-state index contributed by atoms with van der Waals surface area (Å²) in [5.41, 5.74) is 8.91. The summed E-state index contributed by atoms with van der Waals surface area (Å²) in [4.78, 5) is 8.89. The molecule has 7 aromatic carbocycles. The molecule has 0 amide bonds. The molecule has 1 N–H and O–H groups in total. The summed E-state index contributed by atoms with van der Waals surface area (Å²) in [6, 6.07) is 49.0. The van der Waals surface area contributed by atoms with E-state index in [-0.39, 0.29) is 5.84 Å². The van der Waals surface area contributed by atoms with E-state index in [9.17, 15) is 0 Å². The van der Waals surface area contributed by atoms with Crippen LogP contribution in [0.2, 0.25) is 0 Å². The van der Waals surface area contributed by atoms with Crippen molar-refractivity contribution in [2.75, 3.05) is 0 Å². The number of aliphatic imine (C=N–C) groups is 2. The first-order valence-electron chi connectivity index (χ1n) is 15.7. The zero-order valence-corrected chi connectivity index (χ0v) is 25.8. The SMILES string of the molecule is C=NC(=NC(=N)c1ccc(-c2ccccc2)cc1)c1cccc2oc3cc(-c4ccc5c(c4)oc4ccc6ccccc6c45)ccc3c12. The molecule has 226 valence electrons. The highest BCUT2D eigenvalue weighted by Crippen LogP contribution is 2.38. The predicted octanol–water partition coefficient (Wildman–Crippen LogP) is 11.4. The number of rotatable bonds is 4. The Labute approximate surface area is 275 Å². The molecule has 0 atom stereocenters. The number of hydrogen-bond donors (Lipinski definition) is 1. The van der Waals surface area contributed by atoms with Crippen LogP contribution in [0.3, 0.4) is 0 Å². The Balaban J connectivity index is 1.08. The Morgan fingerprint density at radius 1 is 0.500 bits per heavy atom. The Morgan fingerprint density at radius 3 is 1.85 bits per heavy atom. The average molecular weight is 618 g/mol. The van der Waals surface area contributed by atoms with E-state index in [1.165, 1.54) is 10.8 Å². The van der Waals surface area contributed by atoms with Crippen LogP contribution in [-0.2, 0) is 0 Å².